The molecule has 0 bridgehead atoms. The van der Waals surface area contributed by atoms with E-state index >= 15 is 0 Å². The molecule has 1 heterocycles. The van der Waals surface area contributed by atoms with Gasteiger partial charge in [-0.15, -0.1) is 0 Å². The van der Waals surface area contributed by atoms with Crippen LogP contribution in [0.3, 0.4) is 0 Å². The maximum absolute atomic E-state index is 11.9. The second-order valence-corrected chi connectivity index (χ2v) is 5.91. The van der Waals surface area contributed by atoms with E-state index in [9.17, 15) is 9.59 Å². The summed E-state index contributed by atoms with van der Waals surface area (Å²) < 4.78 is 10.7. The number of ether oxygens (including phenoxy) is 2. The number of carbonyl (C=O) groups is 2. The van der Waals surface area contributed by atoms with E-state index in [4.69, 9.17) is 9.47 Å². The maximum atomic E-state index is 11.9. The van der Waals surface area contributed by atoms with Crippen molar-refractivity contribution in [1.29, 1.82) is 0 Å². The van der Waals surface area contributed by atoms with Gasteiger partial charge in [0.25, 0.3) is 0 Å². The molecule has 1 aromatic carbocycles. The van der Waals surface area contributed by atoms with E-state index in [1.807, 2.05) is 24.3 Å². The average Bonchev–Trinajstić information content (AvgIpc) is 2.91. The summed E-state index contributed by atoms with van der Waals surface area (Å²) in [6.07, 6.45) is -0.410. The van der Waals surface area contributed by atoms with Crippen molar-refractivity contribution in [3.63, 3.8) is 0 Å². The Morgan fingerprint density at radius 2 is 1.80 bits per heavy atom. The molecule has 20 heavy (non-hydrogen) atoms. The van der Waals surface area contributed by atoms with E-state index in [-0.39, 0.29) is 17.8 Å². The van der Waals surface area contributed by atoms with Gasteiger partial charge in [0.05, 0.1) is 20.1 Å². The van der Waals surface area contributed by atoms with Crippen LogP contribution >= 0.6 is 22.6 Å². The first-order chi connectivity index (χ1) is 9.56. The van der Waals surface area contributed by atoms with Crippen molar-refractivity contribution in [1.82, 2.24) is 4.90 Å². The van der Waals surface area contributed by atoms with Gasteiger partial charge in [-0.05, 0) is 40.3 Å². The molecule has 0 saturated carbocycles. The monoisotopic (exact) mass is 389 g/mol. The molecule has 6 heteroatoms. The third kappa shape index (κ3) is 3.05. The first-order valence-corrected chi connectivity index (χ1v) is 7.31. The first kappa shape index (κ1) is 15.1. The third-order valence-electron chi connectivity index (χ3n) is 3.55. The summed E-state index contributed by atoms with van der Waals surface area (Å²) in [6, 6.07) is 7.96. The zero-order chi connectivity index (χ0) is 14.7. The number of methoxy groups -OCH3 is 2. The van der Waals surface area contributed by atoms with Crippen LogP contribution in [0.5, 0.6) is 0 Å². The van der Waals surface area contributed by atoms with E-state index in [1.54, 1.807) is 4.90 Å². The summed E-state index contributed by atoms with van der Waals surface area (Å²) in [5.74, 6) is -0.697. The molecule has 0 aliphatic carbocycles. The van der Waals surface area contributed by atoms with Gasteiger partial charge in [0, 0.05) is 22.6 Å². The van der Waals surface area contributed by atoms with Crippen LogP contribution in [0, 0.1) is 9.49 Å². The highest BCUT2D eigenvalue weighted by atomic mass is 127. The van der Waals surface area contributed by atoms with Crippen molar-refractivity contribution in [2.75, 3.05) is 27.3 Å². The standard InChI is InChI=1S/C14H16INO4/c1-19-13(17)12-8-16(14(18)20-2)7-11(12)9-3-5-10(15)6-4-9/h3-6,11-12H,7-8H2,1-2H3/t11-,12-/m1/s1. The Hall–Kier alpha value is -1.31. The van der Waals surface area contributed by atoms with Crippen LogP contribution in [0.15, 0.2) is 24.3 Å². The lowest BCUT2D eigenvalue weighted by atomic mass is 9.89. The van der Waals surface area contributed by atoms with Gasteiger partial charge >= 0.3 is 12.1 Å². The highest BCUT2D eigenvalue weighted by Crippen LogP contribution is 2.34. The fourth-order valence-corrected chi connectivity index (χ4v) is 2.88. The van der Waals surface area contributed by atoms with Crippen molar-refractivity contribution >= 4 is 34.7 Å². The van der Waals surface area contributed by atoms with Gasteiger partial charge in [0.1, 0.15) is 0 Å². The Bertz CT molecular complexity index is 502. The number of likely N-dealkylation sites (tertiary alicyclic amines) is 1. The predicted octanol–water partition coefficient (Wildman–Crippen LogP) is 2.25. The number of benzene rings is 1. The number of amides is 1. The van der Waals surface area contributed by atoms with E-state index in [0.29, 0.717) is 13.1 Å². The molecule has 0 N–H and O–H groups in total. The lowest BCUT2D eigenvalue weighted by molar-refractivity contribution is -0.145. The molecular weight excluding hydrogens is 373 g/mol. The summed E-state index contributed by atoms with van der Waals surface area (Å²) in [4.78, 5) is 25.1. The number of hydrogen-bond acceptors (Lipinski definition) is 4. The van der Waals surface area contributed by atoms with E-state index in [0.717, 1.165) is 9.13 Å². The normalized spacial score (nSPS) is 21.6. The van der Waals surface area contributed by atoms with Gasteiger partial charge in [-0.1, -0.05) is 12.1 Å². The molecule has 1 aromatic rings. The molecule has 0 radical (unpaired) electrons. The van der Waals surface area contributed by atoms with Gasteiger partial charge in [-0.25, -0.2) is 4.79 Å². The molecular formula is C14H16INO4. The molecule has 0 unspecified atom stereocenters. The van der Waals surface area contributed by atoms with Crippen LogP contribution in [-0.4, -0.2) is 44.3 Å². The van der Waals surface area contributed by atoms with E-state index in [1.165, 1.54) is 14.2 Å². The average molecular weight is 389 g/mol. The Morgan fingerprint density at radius 1 is 1.15 bits per heavy atom. The second-order valence-electron chi connectivity index (χ2n) is 4.66. The number of carbonyl (C=O) groups excluding carboxylic acids is 2. The molecule has 0 aromatic heterocycles. The van der Waals surface area contributed by atoms with Crippen LogP contribution < -0.4 is 0 Å². The molecule has 1 fully saturated rings. The van der Waals surface area contributed by atoms with Crippen LogP contribution in [0.2, 0.25) is 0 Å². The zero-order valence-corrected chi connectivity index (χ0v) is 13.5. The Morgan fingerprint density at radius 3 is 2.35 bits per heavy atom. The summed E-state index contributed by atoms with van der Waals surface area (Å²) in [5, 5.41) is 0. The highest BCUT2D eigenvalue weighted by Gasteiger charge is 2.41. The third-order valence-corrected chi connectivity index (χ3v) is 4.27. The SMILES string of the molecule is COC(=O)[C@@H]1CN(C(=O)OC)C[C@@H]1c1ccc(I)cc1. The number of halogens is 1. The Labute approximate surface area is 131 Å². The zero-order valence-electron chi connectivity index (χ0n) is 11.3. The fourth-order valence-electron chi connectivity index (χ4n) is 2.52. The van der Waals surface area contributed by atoms with E-state index < -0.39 is 6.09 Å². The van der Waals surface area contributed by atoms with Gasteiger partial charge in [0.15, 0.2) is 0 Å². The largest absolute Gasteiger partial charge is 0.469 e. The molecule has 5 nitrogen and oxygen atoms in total. The number of hydrogen-bond donors (Lipinski definition) is 0. The molecule has 0 spiro atoms. The minimum atomic E-state index is -0.410. The maximum Gasteiger partial charge on any atom is 0.409 e. The lowest BCUT2D eigenvalue weighted by Gasteiger charge is -2.16. The second kappa shape index (κ2) is 6.43. The predicted molar refractivity (Wildman–Crippen MR) is 81.4 cm³/mol. The summed E-state index contributed by atoms with van der Waals surface area (Å²) in [5.41, 5.74) is 1.03. The Kier molecular flexibility index (Phi) is 4.85. The molecule has 1 aliphatic rings. The van der Waals surface area contributed by atoms with Gasteiger partial charge in [-0.2, -0.15) is 0 Å². The van der Waals surface area contributed by atoms with Crippen LogP contribution in [0.1, 0.15) is 11.5 Å². The summed E-state index contributed by atoms with van der Waals surface area (Å²) in [6.45, 7) is 0.795. The molecule has 1 saturated heterocycles. The molecule has 2 atom stereocenters. The highest BCUT2D eigenvalue weighted by molar-refractivity contribution is 14.1. The van der Waals surface area contributed by atoms with Crippen molar-refractivity contribution in [2.24, 2.45) is 5.92 Å². The first-order valence-electron chi connectivity index (χ1n) is 6.23. The van der Waals surface area contributed by atoms with Gasteiger partial charge in [-0.3, -0.25) is 4.79 Å². The number of rotatable bonds is 2. The van der Waals surface area contributed by atoms with Crippen LogP contribution in [-0.2, 0) is 14.3 Å². The van der Waals surface area contributed by atoms with Crippen molar-refractivity contribution in [2.45, 2.75) is 5.92 Å². The van der Waals surface area contributed by atoms with Gasteiger partial charge < -0.3 is 14.4 Å². The van der Waals surface area contributed by atoms with Gasteiger partial charge in [0.2, 0.25) is 0 Å². The van der Waals surface area contributed by atoms with Crippen molar-refractivity contribution in [3.8, 4) is 0 Å². The van der Waals surface area contributed by atoms with E-state index in [2.05, 4.69) is 22.6 Å². The van der Waals surface area contributed by atoms with Crippen molar-refractivity contribution in [3.05, 3.63) is 33.4 Å². The fraction of sp³-hybridized carbons (Fsp3) is 0.429. The smallest absolute Gasteiger partial charge is 0.409 e. The summed E-state index contributed by atoms with van der Waals surface area (Å²) >= 11 is 2.23. The topological polar surface area (TPSA) is 55.8 Å². The van der Waals surface area contributed by atoms with Crippen LogP contribution in [0.25, 0.3) is 0 Å². The number of nitrogens with zero attached hydrogens (tertiary/aromatic N) is 1. The minimum Gasteiger partial charge on any atom is -0.469 e. The summed E-state index contributed by atoms with van der Waals surface area (Å²) in [7, 11) is 2.71. The molecule has 108 valence electrons. The molecule has 2 rings (SSSR count). The lowest BCUT2D eigenvalue weighted by Crippen LogP contribution is -2.29. The minimum absolute atomic E-state index is 0.0569. The Balaban J connectivity index is 2.25. The molecule has 1 aliphatic heterocycles. The molecule has 1 amide bonds. The quantitative estimate of drug-likeness (QED) is 0.575. The van der Waals surface area contributed by atoms with Crippen LogP contribution in [0.4, 0.5) is 4.79 Å². The van der Waals surface area contributed by atoms with Crippen molar-refractivity contribution < 1.29 is 19.1 Å². The number of esters is 1.